The fourth-order valence-corrected chi connectivity index (χ4v) is 4.14. The van der Waals surface area contributed by atoms with Crippen molar-refractivity contribution in [3.63, 3.8) is 0 Å². The summed E-state index contributed by atoms with van der Waals surface area (Å²) < 4.78 is 5.24. The third-order valence-corrected chi connectivity index (χ3v) is 5.96. The van der Waals surface area contributed by atoms with Crippen LogP contribution in [0.15, 0.2) is 60.8 Å². The number of pyridine rings is 1. The molecular formula is C24H22Cl2N4O3. The van der Waals surface area contributed by atoms with Gasteiger partial charge >= 0.3 is 0 Å². The van der Waals surface area contributed by atoms with Crippen LogP contribution in [-0.4, -0.2) is 55.0 Å². The maximum Gasteiger partial charge on any atom is 0.259 e. The SMILES string of the molecule is COc1ccccc1C(=O)Nc1ccc(N2CCN(C(=O)c3ccc(Cl)cc3Cl)CC2)nc1. The molecule has 0 bridgehead atoms. The molecule has 1 fully saturated rings. The van der Waals surface area contributed by atoms with Crippen LogP contribution >= 0.6 is 23.2 Å². The molecule has 0 saturated carbocycles. The fraction of sp³-hybridized carbons (Fsp3) is 0.208. The first kappa shape index (κ1) is 22.9. The molecule has 0 radical (unpaired) electrons. The van der Waals surface area contributed by atoms with E-state index in [2.05, 4.69) is 15.2 Å². The lowest BCUT2D eigenvalue weighted by atomic mass is 10.1. The van der Waals surface area contributed by atoms with E-state index in [1.54, 1.807) is 53.6 Å². The third kappa shape index (κ3) is 5.21. The van der Waals surface area contributed by atoms with Crippen molar-refractivity contribution < 1.29 is 14.3 Å². The molecule has 170 valence electrons. The van der Waals surface area contributed by atoms with Gasteiger partial charge < -0.3 is 19.9 Å². The smallest absolute Gasteiger partial charge is 0.259 e. The number of ether oxygens (including phenoxy) is 1. The normalized spacial score (nSPS) is 13.5. The van der Waals surface area contributed by atoms with Crippen LogP contribution in [0.2, 0.25) is 10.0 Å². The van der Waals surface area contributed by atoms with E-state index in [9.17, 15) is 9.59 Å². The van der Waals surface area contributed by atoms with Gasteiger partial charge in [0.15, 0.2) is 0 Å². The number of piperazine rings is 1. The van der Waals surface area contributed by atoms with E-state index in [1.807, 2.05) is 12.1 Å². The molecule has 1 aliphatic heterocycles. The lowest BCUT2D eigenvalue weighted by Gasteiger charge is -2.35. The third-order valence-electron chi connectivity index (χ3n) is 5.41. The zero-order valence-electron chi connectivity index (χ0n) is 17.9. The summed E-state index contributed by atoms with van der Waals surface area (Å²) in [6, 6.07) is 15.6. The zero-order valence-corrected chi connectivity index (χ0v) is 19.4. The molecule has 1 aromatic heterocycles. The Morgan fingerprint density at radius 2 is 1.73 bits per heavy atom. The maximum absolute atomic E-state index is 12.8. The largest absolute Gasteiger partial charge is 0.496 e. The second kappa shape index (κ2) is 10.1. The van der Waals surface area contributed by atoms with Crippen molar-refractivity contribution >= 4 is 46.5 Å². The Balaban J connectivity index is 1.35. The molecular weight excluding hydrogens is 463 g/mol. The minimum Gasteiger partial charge on any atom is -0.496 e. The first-order valence-corrected chi connectivity index (χ1v) is 11.1. The number of benzene rings is 2. The minimum atomic E-state index is -0.269. The van der Waals surface area contributed by atoms with Gasteiger partial charge in [0, 0.05) is 31.2 Å². The monoisotopic (exact) mass is 484 g/mol. The van der Waals surface area contributed by atoms with Crippen molar-refractivity contribution in [2.45, 2.75) is 0 Å². The Morgan fingerprint density at radius 3 is 2.39 bits per heavy atom. The summed E-state index contributed by atoms with van der Waals surface area (Å²) in [6.07, 6.45) is 1.62. The highest BCUT2D eigenvalue weighted by Gasteiger charge is 2.24. The number of rotatable bonds is 5. The molecule has 0 atom stereocenters. The highest BCUT2D eigenvalue weighted by molar-refractivity contribution is 6.36. The molecule has 9 heteroatoms. The van der Waals surface area contributed by atoms with Crippen LogP contribution in [0.4, 0.5) is 11.5 Å². The number of halogens is 2. The fourth-order valence-electron chi connectivity index (χ4n) is 3.65. The highest BCUT2D eigenvalue weighted by Crippen LogP contribution is 2.24. The van der Waals surface area contributed by atoms with Gasteiger partial charge in [0.05, 0.1) is 35.1 Å². The van der Waals surface area contributed by atoms with Gasteiger partial charge in [-0.3, -0.25) is 9.59 Å². The molecule has 1 aliphatic rings. The summed E-state index contributed by atoms with van der Waals surface area (Å²) in [6.45, 7) is 2.37. The van der Waals surface area contributed by atoms with Crippen molar-refractivity contribution in [3.05, 3.63) is 82.0 Å². The Labute approximate surface area is 201 Å². The second-order valence-electron chi connectivity index (χ2n) is 7.46. The number of anilines is 2. The van der Waals surface area contributed by atoms with Crippen molar-refractivity contribution in [1.82, 2.24) is 9.88 Å². The molecule has 2 amide bonds. The quantitative estimate of drug-likeness (QED) is 0.572. The number of methoxy groups -OCH3 is 1. The molecule has 7 nitrogen and oxygen atoms in total. The number of para-hydroxylation sites is 1. The lowest BCUT2D eigenvalue weighted by molar-refractivity contribution is 0.0746. The van der Waals surface area contributed by atoms with Gasteiger partial charge in [0.2, 0.25) is 0 Å². The van der Waals surface area contributed by atoms with Gasteiger partial charge in [-0.15, -0.1) is 0 Å². The predicted octanol–water partition coefficient (Wildman–Crippen LogP) is 4.61. The Bertz CT molecular complexity index is 1160. The Kier molecular flexibility index (Phi) is 7.01. The minimum absolute atomic E-state index is 0.112. The van der Waals surface area contributed by atoms with Crippen molar-refractivity contribution in [2.24, 2.45) is 0 Å². The van der Waals surface area contributed by atoms with Crippen LogP contribution < -0.4 is 15.0 Å². The molecule has 0 spiro atoms. The number of aromatic nitrogens is 1. The van der Waals surface area contributed by atoms with E-state index in [0.717, 1.165) is 5.82 Å². The first-order valence-electron chi connectivity index (χ1n) is 10.4. The average Bonchev–Trinajstić information content (AvgIpc) is 2.84. The standard InChI is InChI=1S/C24H22Cl2N4O3/c1-33-21-5-3-2-4-19(21)23(31)28-17-7-9-22(27-15-17)29-10-12-30(13-11-29)24(32)18-8-6-16(25)14-20(18)26/h2-9,14-15H,10-13H2,1H3,(H,28,31). The summed E-state index contributed by atoms with van der Waals surface area (Å²) in [7, 11) is 1.53. The second-order valence-corrected chi connectivity index (χ2v) is 8.31. The van der Waals surface area contributed by atoms with Crippen LogP contribution in [0.25, 0.3) is 0 Å². The van der Waals surface area contributed by atoms with Crippen molar-refractivity contribution in [3.8, 4) is 5.75 Å². The average molecular weight is 485 g/mol. The number of carbonyl (C=O) groups excluding carboxylic acids is 2. The van der Waals surface area contributed by atoms with Crippen molar-refractivity contribution in [2.75, 3.05) is 43.5 Å². The van der Waals surface area contributed by atoms with Gasteiger partial charge in [0.25, 0.3) is 11.8 Å². The number of carbonyl (C=O) groups is 2. The molecule has 2 aromatic carbocycles. The van der Waals surface area contributed by atoms with E-state index in [4.69, 9.17) is 27.9 Å². The molecule has 0 unspecified atom stereocenters. The van der Waals surface area contributed by atoms with E-state index < -0.39 is 0 Å². The van der Waals surface area contributed by atoms with Gasteiger partial charge in [-0.2, -0.15) is 0 Å². The molecule has 3 aromatic rings. The van der Waals surface area contributed by atoms with Gasteiger partial charge in [0.1, 0.15) is 11.6 Å². The predicted molar refractivity (Wildman–Crippen MR) is 130 cm³/mol. The topological polar surface area (TPSA) is 74.8 Å². The Hall–Kier alpha value is -3.29. The molecule has 4 rings (SSSR count). The van der Waals surface area contributed by atoms with E-state index >= 15 is 0 Å². The van der Waals surface area contributed by atoms with Crippen LogP contribution in [-0.2, 0) is 0 Å². The summed E-state index contributed by atoms with van der Waals surface area (Å²) in [5.41, 5.74) is 1.48. The van der Waals surface area contributed by atoms with Gasteiger partial charge in [-0.05, 0) is 42.5 Å². The maximum atomic E-state index is 12.8. The van der Waals surface area contributed by atoms with E-state index in [-0.39, 0.29) is 11.8 Å². The van der Waals surface area contributed by atoms with Crippen LogP contribution in [0.3, 0.4) is 0 Å². The number of hydrogen-bond acceptors (Lipinski definition) is 5. The summed E-state index contributed by atoms with van der Waals surface area (Å²) >= 11 is 12.1. The number of hydrogen-bond donors (Lipinski definition) is 1. The molecule has 33 heavy (non-hydrogen) atoms. The molecule has 0 aliphatic carbocycles. The Morgan fingerprint density at radius 1 is 0.970 bits per heavy atom. The lowest BCUT2D eigenvalue weighted by Crippen LogP contribution is -2.49. The van der Waals surface area contributed by atoms with Crippen molar-refractivity contribution in [1.29, 1.82) is 0 Å². The summed E-state index contributed by atoms with van der Waals surface area (Å²) in [5, 5.41) is 3.68. The first-order chi connectivity index (χ1) is 16.0. The van der Waals surface area contributed by atoms with Crippen LogP contribution in [0.1, 0.15) is 20.7 Å². The van der Waals surface area contributed by atoms with Crippen LogP contribution in [0.5, 0.6) is 5.75 Å². The number of amides is 2. The van der Waals surface area contributed by atoms with Gasteiger partial charge in [-0.25, -0.2) is 4.98 Å². The van der Waals surface area contributed by atoms with E-state index in [0.29, 0.717) is 58.8 Å². The van der Waals surface area contributed by atoms with E-state index in [1.165, 1.54) is 7.11 Å². The van der Waals surface area contributed by atoms with Gasteiger partial charge in [-0.1, -0.05) is 35.3 Å². The molecule has 1 saturated heterocycles. The number of nitrogens with one attached hydrogen (secondary N) is 1. The van der Waals surface area contributed by atoms with Crippen LogP contribution in [0, 0.1) is 0 Å². The molecule has 1 N–H and O–H groups in total. The number of nitrogens with zero attached hydrogens (tertiary/aromatic N) is 3. The summed E-state index contributed by atoms with van der Waals surface area (Å²) in [4.78, 5) is 33.7. The summed E-state index contributed by atoms with van der Waals surface area (Å²) in [5.74, 6) is 0.905. The molecule has 2 heterocycles. The highest BCUT2D eigenvalue weighted by atomic mass is 35.5. The zero-order chi connectivity index (χ0) is 23.4.